The molecule has 2 heterocycles. The average molecular weight is 375 g/mol. The molecule has 26 heavy (non-hydrogen) atoms. The maximum Gasteiger partial charge on any atom is 0.263 e. The van der Waals surface area contributed by atoms with Crippen molar-refractivity contribution in [3.05, 3.63) is 38.3 Å². The van der Waals surface area contributed by atoms with Gasteiger partial charge in [-0.15, -0.1) is 11.3 Å². The molecule has 2 aromatic rings. The van der Waals surface area contributed by atoms with Crippen LogP contribution in [0.5, 0.6) is 11.5 Å². The molecule has 0 fully saturated rings. The van der Waals surface area contributed by atoms with Crippen LogP contribution in [0.4, 0.5) is 0 Å². The first kappa shape index (κ1) is 18.7. The maximum atomic E-state index is 12.8. The number of nitrogens with one attached hydrogen (secondary N) is 1. The van der Waals surface area contributed by atoms with Crippen LogP contribution in [0, 0.1) is 27.7 Å². The lowest BCUT2D eigenvalue weighted by Crippen LogP contribution is -2.51. The van der Waals surface area contributed by atoms with Gasteiger partial charge in [-0.25, -0.2) is 4.98 Å². The van der Waals surface area contributed by atoms with E-state index in [1.54, 1.807) is 11.3 Å². The zero-order valence-electron chi connectivity index (χ0n) is 16.0. The number of fused-ring (bicyclic) bond motifs is 1. The SMILES string of the molecule is Cc1ncsc1CCNC(=O)[C@]1(C)CCc2c(C)c(O)c(C)c(C)c2O1. The summed E-state index contributed by atoms with van der Waals surface area (Å²) < 4.78 is 6.21. The zero-order valence-corrected chi connectivity index (χ0v) is 16.8. The molecule has 6 heteroatoms. The lowest BCUT2D eigenvalue weighted by molar-refractivity contribution is -0.136. The molecule has 1 aliphatic heterocycles. The molecule has 0 aliphatic carbocycles. The van der Waals surface area contributed by atoms with Crippen molar-refractivity contribution < 1.29 is 14.6 Å². The minimum atomic E-state index is -0.893. The summed E-state index contributed by atoms with van der Waals surface area (Å²) in [6.45, 7) is 10.1. The van der Waals surface area contributed by atoms with Gasteiger partial charge in [0.2, 0.25) is 0 Å². The van der Waals surface area contributed by atoms with E-state index in [1.165, 1.54) is 4.88 Å². The number of rotatable bonds is 4. The first-order chi connectivity index (χ1) is 12.2. The van der Waals surface area contributed by atoms with E-state index in [9.17, 15) is 9.90 Å². The van der Waals surface area contributed by atoms with Crippen molar-refractivity contribution in [3.63, 3.8) is 0 Å². The van der Waals surface area contributed by atoms with E-state index >= 15 is 0 Å². The van der Waals surface area contributed by atoms with E-state index in [-0.39, 0.29) is 5.91 Å². The highest BCUT2D eigenvalue weighted by atomic mass is 32.1. The molecule has 2 N–H and O–H groups in total. The Kier molecular flexibility index (Phi) is 4.97. The number of aromatic nitrogens is 1. The van der Waals surface area contributed by atoms with Gasteiger partial charge in [0.1, 0.15) is 11.5 Å². The van der Waals surface area contributed by atoms with Crippen LogP contribution in [0.25, 0.3) is 0 Å². The van der Waals surface area contributed by atoms with Crippen molar-refractivity contribution >= 4 is 17.2 Å². The molecule has 0 unspecified atom stereocenters. The van der Waals surface area contributed by atoms with Crippen molar-refractivity contribution in [1.82, 2.24) is 10.3 Å². The molecule has 1 atom stereocenters. The maximum absolute atomic E-state index is 12.8. The van der Waals surface area contributed by atoms with Gasteiger partial charge in [-0.1, -0.05) is 0 Å². The van der Waals surface area contributed by atoms with Gasteiger partial charge in [0.15, 0.2) is 5.60 Å². The number of aromatic hydroxyl groups is 1. The van der Waals surface area contributed by atoms with E-state index in [0.29, 0.717) is 25.1 Å². The van der Waals surface area contributed by atoms with E-state index in [1.807, 2.05) is 40.1 Å². The van der Waals surface area contributed by atoms with Crippen LogP contribution in [-0.2, 0) is 17.6 Å². The fourth-order valence-electron chi connectivity index (χ4n) is 3.45. The summed E-state index contributed by atoms with van der Waals surface area (Å²) in [5.41, 5.74) is 5.55. The van der Waals surface area contributed by atoms with E-state index in [2.05, 4.69) is 10.3 Å². The van der Waals surface area contributed by atoms with Crippen molar-refractivity contribution in [1.29, 1.82) is 0 Å². The summed E-state index contributed by atoms with van der Waals surface area (Å²) in [7, 11) is 0. The second kappa shape index (κ2) is 6.91. The molecular weight excluding hydrogens is 348 g/mol. The van der Waals surface area contributed by atoms with Crippen LogP contribution < -0.4 is 10.1 Å². The third-order valence-corrected chi connectivity index (χ3v) is 6.48. The number of carbonyl (C=O) groups excluding carboxylic acids is 1. The van der Waals surface area contributed by atoms with Crippen molar-refractivity contribution in [2.75, 3.05) is 6.54 Å². The molecule has 3 rings (SSSR count). The largest absolute Gasteiger partial charge is 0.507 e. The Hall–Kier alpha value is -2.08. The quantitative estimate of drug-likeness (QED) is 0.859. The second-order valence-corrected chi connectivity index (χ2v) is 8.17. The number of thiazole rings is 1. The number of ether oxygens (including phenoxy) is 1. The van der Waals surface area contributed by atoms with Gasteiger partial charge in [0, 0.05) is 29.8 Å². The number of hydrogen-bond donors (Lipinski definition) is 2. The molecule has 0 saturated heterocycles. The molecule has 5 nitrogen and oxygen atoms in total. The fraction of sp³-hybridized carbons (Fsp3) is 0.500. The van der Waals surface area contributed by atoms with E-state index in [0.717, 1.165) is 40.1 Å². The zero-order chi connectivity index (χ0) is 19.1. The van der Waals surface area contributed by atoms with Gasteiger partial charge in [-0.05, 0) is 57.7 Å². The predicted octanol–water partition coefficient (Wildman–Crippen LogP) is 3.52. The highest BCUT2D eigenvalue weighted by Gasteiger charge is 2.40. The summed E-state index contributed by atoms with van der Waals surface area (Å²) in [5.74, 6) is 0.992. The second-order valence-electron chi connectivity index (χ2n) is 7.23. The van der Waals surface area contributed by atoms with Gasteiger partial charge in [0.05, 0.1) is 11.2 Å². The van der Waals surface area contributed by atoms with Gasteiger partial charge >= 0.3 is 0 Å². The van der Waals surface area contributed by atoms with Gasteiger partial charge in [-0.2, -0.15) is 0 Å². The monoisotopic (exact) mass is 374 g/mol. The Morgan fingerprint density at radius 2 is 2.04 bits per heavy atom. The highest BCUT2D eigenvalue weighted by Crippen LogP contribution is 2.43. The van der Waals surface area contributed by atoms with Gasteiger partial charge in [-0.3, -0.25) is 4.79 Å². The number of phenols is 1. The van der Waals surface area contributed by atoms with E-state index < -0.39 is 5.60 Å². The normalized spacial score (nSPS) is 19.0. The van der Waals surface area contributed by atoms with Crippen LogP contribution in [0.2, 0.25) is 0 Å². The Balaban J connectivity index is 1.73. The molecule has 140 valence electrons. The smallest absolute Gasteiger partial charge is 0.263 e. The van der Waals surface area contributed by atoms with Crippen LogP contribution in [0.15, 0.2) is 5.51 Å². The molecule has 0 bridgehead atoms. The Labute approximate surface area is 158 Å². The van der Waals surface area contributed by atoms with Crippen LogP contribution >= 0.6 is 11.3 Å². The summed E-state index contributed by atoms with van der Waals surface area (Å²) in [4.78, 5) is 18.2. The molecule has 0 spiro atoms. The van der Waals surface area contributed by atoms with Crippen molar-refractivity contribution in [2.24, 2.45) is 0 Å². The fourth-order valence-corrected chi connectivity index (χ4v) is 4.23. The average Bonchev–Trinajstić information content (AvgIpc) is 3.03. The predicted molar refractivity (Wildman–Crippen MR) is 103 cm³/mol. The molecule has 1 aromatic heterocycles. The summed E-state index contributed by atoms with van der Waals surface area (Å²) in [6, 6.07) is 0. The molecule has 1 aliphatic rings. The minimum Gasteiger partial charge on any atom is -0.507 e. The Bertz CT molecular complexity index is 859. The third kappa shape index (κ3) is 3.18. The molecule has 0 saturated carbocycles. The van der Waals surface area contributed by atoms with Gasteiger partial charge < -0.3 is 15.2 Å². The Morgan fingerprint density at radius 1 is 1.31 bits per heavy atom. The standard InChI is InChI=1S/C20H26N2O3S/c1-11-12(2)18-15(13(3)17(11)23)6-8-20(5,25-18)19(24)21-9-7-16-14(4)22-10-26-16/h10,23H,6-9H2,1-5H3,(H,21,24)/t20-/m0/s1. The number of aryl methyl sites for hydroxylation is 1. The van der Waals surface area contributed by atoms with Crippen molar-refractivity contribution in [2.45, 2.75) is 59.5 Å². The van der Waals surface area contributed by atoms with Crippen LogP contribution in [-0.4, -0.2) is 28.1 Å². The number of amides is 1. The minimum absolute atomic E-state index is 0.0897. The summed E-state index contributed by atoms with van der Waals surface area (Å²) in [6.07, 6.45) is 2.09. The summed E-state index contributed by atoms with van der Waals surface area (Å²) >= 11 is 1.62. The van der Waals surface area contributed by atoms with Crippen LogP contribution in [0.1, 0.15) is 46.2 Å². The molecule has 1 amide bonds. The van der Waals surface area contributed by atoms with Gasteiger partial charge in [0.25, 0.3) is 5.91 Å². The molecular formula is C20H26N2O3S. The lowest BCUT2D eigenvalue weighted by atomic mass is 9.86. The number of carbonyl (C=O) groups is 1. The van der Waals surface area contributed by atoms with Crippen molar-refractivity contribution in [3.8, 4) is 11.5 Å². The molecule has 1 aromatic carbocycles. The topological polar surface area (TPSA) is 71.5 Å². The third-order valence-electron chi connectivity index (χ3n) is 5.48. The number of nitrogens with zero attached hydrogens (tertiary/aromatic N) is 1. The summed E-state index contributed by atoms with van der Waals surface area (Å²) in [5, 5.41) is 13.3. The molecule has 0 radical (unpaired) electrons. The first-order valence-corrected chi connectivity index (χ1v) is 9.80. The highest BCUT2D eigenvalue weighted by molar-refractivity contribution is 7.09. The lowest BCUT2D eigenvalue weighted by Gasteiger charge is -2.36. The Morgan fingerprint density at radius 3 is 2.69 bits per heavy atom. The van der Waals surface area contributed by atoms with Crippen LogP contribution in [0.3, 0.4) is 0 Å². The van der Waals surface area contributed by atoms with E-state index in [4.69, 9.17) is 4.74 Å². The number of phenolic OH excluding ortho intramolecular Hbond substituents is 1. The first-order valence-electron chi connectivity index (χ1n) is 8.92. The number of hydrogen-bond acceptors (Lipinski definition) is 5. The number of benzene rings is 1.